The number of benzene rings is 1. The molecule has 10 atom stereocenters. The second-order valence-electron chi connectivity index (χ2n) is 14.0. The summed E-state index contributed by atoms with van der Waals surface area (Å²) in [4.78, 5) is 14.0. The van der Waals surface area contributed by atoms with E-state index in [0.717, 1.165) is 49.4 Å². The normalized spacial score (nSPS) is 33.5. The van der Waals surface area contributed by atoms with E-state index in [-0.39, 0.29) is 65.7 Å². The average molecular weight is 743 g/mol. The Kier molecular flexibility index (Phi) is 13.0. The lowest BCUT2D eigenvalue weighted by molar-refractivity contribution is -0.155. The first-order valence-corrected chi connectivity index (χ1v) is 20.1. The number of ether oxygens (including phenoxy) is 3. The smallest absolute Gasteiger partial charge is 0.178 e. The van der Waals surface area contributed by atoms with Gasteiger partial charge in [0.15, 0.2) is 15.6 Å². The summed E-state index contributed by atoms with van der Waals surface area (Å²) in [6, 6.07) is 8.62. The van der Waals surface area contributed by atoms with Crippen LogP contribution in [0.4, 0.5) is 0 Å². The van der Waals surface area contributed by atoms with E-state index >= 15 is 0 Å². The number of alkyl halides is 1. The Balaban J connectivity index is 1.40. The first-order valence-electron chi connectivity index (χ1n) is 17.0. The first-order chi connectivity index (χ1) is 20.9. The van der Waals surface area contributed by atoms with Gasteiger partial charge in [0, 0.05) is 23.2 Å². The summed E-state index contributed by atoms with van der Waals surface area (Å²) >= 11 is 2.45. The highest BCUT2D eigenvalue weighted by Crippen LogP contribution is 2.45. The number of Topliss-reactive ketones (excluding diaryl/α,β-unsaturated/α-hetero) is 1. The molecule has 0 saturated carbocycles. The number of carbonyl (C=O) groups is 1. The Hall–Kier alpha value is -0.810. The lowest BCUT2D eigenvalue weighted by Gasteiger charge is -2.42. The summed E-state index contributed by atoms with van der Waals surface area (Å²) in [5.41, 5.74) is 0.358. The number of hydrogen-bond donors (Lipinski definition) is 0. The highest BCUT2D eigenvalue weighted by atomic mass is 127. The van der Waals surface area contributed by atoms with Crippen molar-refractivity contribution in [2.24, 2.45) is 23.7 Å². The van der Waals surface area contributed by atoms with Crippen molar-refractivity contribution in [3.63, 3.8) is 0 Å². The van der Waals surface area contributed by atoms with Crippen LogP contribution in [0.15, 0.2) is 47.4 Å². The van der Waals surface area contributed by atoms with E-state index in [4.69, 9.17) is 14.2 Å². The molecule has 4 rings (SSSR count). The molecule has 0 bridgehead atoms. The molecule has 1 aromatic carbocycles. The van der Waals surface area contributed by atoms with Crippen LogP contribution in [0.5, 0.6) is 0 Å². The Bertz CT molecular complexity index is 1200. The molecule has 0 N–H and O–H groups in total. The number of halogens is 1. The van der Waals surface area contributed by atoms with Crippen molar-refractivity contribution in [1.82, 2.24) is 0 Å². The average Bonchev–Trinajstić information content (AvgIpc) is 3.52. The second kappa shape index (κ2) is 15.9. The molecular formula is C36H55IO6S. The van der Waals surface area contributed by atoms with Crippen LogP contribution in [-0.2, 0) is 28.8 Å². The topological polar surface area (TPSA) is 78.9 Å². The predicted octanol–water partition coefficient (Wildman–Crippen LogP) is 8.16. The first kappa shape index (κ1) is 36.0. The van der Waals surface area contributed by atoms with Gasteiger partial charge in [0.2, 0.25) is 0 Å². The van der Waals surface area contributed by atoms with Gasteiger partial charge >= 0.3 is 0 Å². The minimum Gasteiger partial charge on any atom is -0.374 e. The molecular weight excluding hydrogens is 687 g/mol. The quantitative estimate of drug-likeness (QED) is 0.0967. The zero-order valence-electron chi connectivity index (χ0n) is 27.5. The number of allylic oxidation sites excluding steroid dienone is 1. The van der Waals surface area contributed by atoms with Crippen LogP contribution >= 0.6 is 22.6 Å². The molecule has 248 valence electrons. The molecule has 0 aromatic heterocycles. The lowest BCUT2D eigenvalue weighted by Crippen LogP contribution is -2.50. The van der Waals surface area contributed by atoms with Crippen LogP contribution in [0.25, 0.3) is 0 Å². The van der Waals surface area contributed by atoms with Crippen LogP contribution in [-0.4, -0.2) is 60.5 Å². The highest BCUT2D eigenvalue weighted by molar-refractivity contribution is 14.1. The van der Waals surface area contributed by atoms with Gasteiger partial charge in [0.05, 0.1) is 41.2 Å². The van der Waals surface area contributed by atoms with Crippen LogP contribution in [0.2, 0.25) is 0 Å². The van der Waals surface area contributed by atoms with Crippen LogP contribution in [0.1, 0.15) is 98.8 Å². The fraction of sp³-hybridized carbons (Fsp3) is 0.750. The van der Waals surface area contributed by atoms with Crippen molar-refractivity contribution in [3.8, 4) is 0 Å². The van der Waals surface area contributed by atoms with Gasteiger partial charge in [0.25, 0.3) is 0 Å². The fourth-order valence-electron chi connectivity index (χ4n) is 7.50. The Morgan fingerprint density at radius 2 is 1.80 bits per heavy atom. The third-order valence-corrected chi connectivity index (χ3v) is 13.8. The Morgan fingerprint density at radius 1 is 1.07 bits per heavy atom. The molecule has 0 radical (unpaired) electrons. The molecule has 1 unspecified atom stereocenters. The molecule has 3 fully saturated rings. The van der Waals surface area contributed by atoms with Crippen molar-refractivity contribution in [3.05, 3.63) is 42.5 Å². The SMILES string of the molecule is C=C(C(=O)C[C@@H]1O[C@H](C[C@H](C)CC)[C@H](C)[C@H]1CS(=O)(=O)c1ccccc1)[C@H](C)CC1CC[C@@H]2O[C@@H](CCCC)C[C@]2(CI)O1. The number of rotatable bonds is 16. The van der Waals surface area contributed by atoms with Gasteiger partial charge in [-0.3, -0.25) is 4.79 Å². The number of unbranched alkanes of at least 4 members (excludes halogenated alkanes) is 1. The summed E-state index contributed by atoms with van der Waals surface area (Å²) in [7, 11) is -3.52. The molecule has 3 saturated heterocycles. The van der Waals surface area contributed by atoms with E-state index in [2.05, 4.69) is 63.8 Å². The zero-order valence-corrected chi connectivity index (χ0v) is 30.5. The summed E-state index contributed by atoms with van der Waals surface area (Å²) < 4.78 is 47.6. The summed E-state index contributed by atoms with van der Waals surface area (Å²) in [5.74, 6) is 0.162. The third kappa shape index (κ3) is 8.55. The molecule has 1 aromatic rings. The van der Waals surface area contributed by atoms with Gasteiger partial charge in [-0.05, 0) is 67.6 Å². The predicted molar refractivity (Wildman–Crippen MR) is 185 cm³/mol. The Labute approximate surface area is 280 Å². The van der Waals surface area contributed by atoms with E-state index in [1.165, 1.54) is 12.8 Å². The molecule has 3 heterocycles. The highest BCUT2D eigenvalue weighted by Gasteiger charge is 2.52. The van der Waals surface area contributed by atoms with Crippen molar-refractivity contribution in [2.75, 3.05) is 10.2 Å². The van der Waals surface area contributed by atoms with Crippen LogP contribution in [0, 0.1) is 23.7 Å². The van der Waals surface area contributed by atoms with E-state index in [1.807, 2.05) is 6.07 Å². The fourth-order valence-corrected chi connectivity index (χ4v) is 10.3. The maximum Gasteiger partial charge on any atom is 0.178 e. The van der Waals surface area contributed by atoms with Crippen molar-refractivity contribution >= 4 is 38.2 Å². The molecule has 0 aliphatic carbocycles. The monoisotopic (exact) mass is 742 g/mol. The Morgan fingerprint density at radius 3 is 2.45 bits per heavy atom. The van der Waals surface area contributed by atoms with E-state index < -0.39 is 15.9 Å². The number of ketones is 1. The van der Waals surface area contributed by atoms with Gasteiger partial charge in [-0.25, -0.2) is 8.42 Å². The minimum absolute atomic E-state index is 0.0219. The van der Waals surface area contributed by atoms with Crippen LogP contribution in [0.3, 0.4) is 0 Å². The van der Waals surface area contributed by atoms with Gasteiger partial charge < -0.3 is 14.2 Å². The maximum atomic E-state index is 13.7. The number of carbonyl (C=O) groups excluding carboxylic acids is 1. The van der Waals surface area contributed by atoms with Crippen molar-refractivity contribution in [2.45, 2.75) is 140 Å². The number of hydrogen-bond acceptors (Lipinski definition) is 6. The largest absolute Gasteiger partial charge is 0.374 e. The van der Waals surface area contributed by atoms with Crippen LogP contribution < -0.4 is 0 Å². The van der Waals surface area contributed by atoms with Gasteiger partial charge in [0.1, 0.15) is 5.60 Å². The number of sulfone groups is 1. The van der Waals surface area contributed by atoms with Gasteiger partial charge in [-0.1, -0.05) is 101 Å². The maximum absolute atomic E-state index is 13.7. The standard InChI is InChI=1S/C36H55IO6S/c1-7-9-13-29-21-36(23-37)35(41-29)17-16-28(43-36)19-25(4)26(5)32(38)20-34-31(27(6)33(42-34)18-24(3)8-2)22-44(39,40)30-14-11-10-12-15-30/h10-12,14-15,24-25,27-29,31,33-35H,5,7-9,13,16-23H2,1-4,6H3/t24-,25-,27-,28?,29+,31-,33-,34+,35+,36-/m1/s1. The van der Waals surface area contributed by atoms with E-state index in [1.54, 1.807) is 24.3 Å². The molecule has 6 nitrogen and oxygen atoms in total. The lowest BCUT2D eigenvalue weighted by atomic mass is 9.82. The number of fused-ring (bicyclic) bond motifs is 1. The molecule has 3 aliphatic rings. The summed E-state index contributed by atoms with van der Waals surface area (Å²) in [6.07, 6.45) is 9.12. The molecule has 3 aliphatic heterocycles. The second-order valence-corrected chi connectivity index (χ2v) is 16.8. The van der Waals surface area contributed by atoms with Gasteiger partial charge in [-0.2, -0.15) is 0 Å². The molecule has 0 spiro atoms. The zero-order chi connectivity index (χ0) is 32.1. The molecule has 0 amide bonds. The van der Waals surface area contributed by atoms with Gasteiger partial charge in [-0.15, -0.1) is 0 Å². The van der Waals surface area contributed by atoms with E-state index in [9.17, 15) is 13.2 Å². The van der Waals surface area contributed by atoms with Crippen molar-refractivity contribution in [1.29, 1.82) is 0 Å². The summed E-state index contributed by atoms with van der Waals surface area (Å²) in [6.45, 7) is 15.0. The molecule has 8 heteroatoms. The minimum atomic E-state index is -3.52. The van der Waals surface area contributed by atoms with E-state index in [0.29, 0.717) is 16.4 Å². The van der Waals surface area contributed by atoms with Crippen molar-refractivity contribution < 1.29 is 27.4 Å². The summed E-state index contributed by atoms with van der Waals surface area (Å²) in [5, 5.41) is 0. The molecule has 44 heavy (non-hydrogen) atoms. The third-order valence-electron chi connectivity index (χ3n) is 10.7.